The summed E-state index contributed by atoms with van der Waals surface area (Å²) in [6.45, 7) is 0.159. The van der Waals surface area contributed by atoms with Gasteiger partial charge in [0.1, 0.15) is 42.7 Å². The number of urea groups is 1. The van der Waals surface area contributed by atoms with Gasteiger partial charge in [0, 0.05) is 49.0 Å². The predicted molar refractivity (Wildman–Crippen MR) is 225 cm³/mol. The molecule has 0 aromatic rings. The van der Waals surface area contributed by atoms with Crippen LogP contribution in [0.2, 0.25) is 0 Å². The molecule has 17 N–H and O–H groups in total. The van der Waals surface area contributed by atoms with Gasteiger partial charge >= 0.3 is 6.03 Å². The highest BCUT2D eigenvalue weighted by molar-refractivity contribution is 8.00. The van der Waals surface area contributed by atoms with Crippen LogP contribution in [-0.4, -0.2) is 172 Å². The fourth-order valence-corrected chi connectivity index (χ4v) is 10.5. The van der Waals surface area contributed by atoms with Crippen molar-refractivity contribution in [3.8, 4) is 0 Å². The zero-order valence-corrected chi connectivity index (χ0v) is 36.1. The van der Waals surface area contributed by atoms with E-state index in [0.717, 1.165) is 82.8 Å². The molecule has 4 heterocycles. The lowest BCUT2D eigenvalue weighted by Crippen LogP contribution is -2.68. The van der Waals surface area contributed by atoms with Gasteiger partial charge in [0.15, 0.2) is 12.6 Å². The van der Waals surface area contributed by atoms with Crippen molar-refractivity contribution in [3.63, 3.8) is 0 Å². The molecule has 4 amide bonds. The summed E-state index contributed by atoms with van der Waals surface area (Å²) in [6.07, 6.45) is 1.36. The second kappa shape index (κ2) is 24.9. The van der Waals surface area contributed by atoms with Gasteiger partial charge in [0.05, 0.1) is 36.9 Å². The van der Waals surface area contributed by atoms with Gasteiger partial charge in [-0.3, -0.25) is 9.59 Å². The van der Waals surface area contributed by atoms with Crippen LogP contribution in [0.25, 0.3) is 0 Å². The molecule has 5 aliphatic rings. The number of aliphatic hydroxyl groups excluding tert-OH is 5. The lowest BCUT2D eigenvalue weighted by Gasteiger charge is -2.47. The largest absolute Gasteiger partial charge is 0.394 e. The van der Waals surface area contributed by atoms with Gasteiger partial charge in [0.25, 0.3) is 0 Å². The number of amides is 4. The number of carbonyl (C=O) groups is 3. The minimum Gasteiger partial charge on any atom is -0.394 e. The highest BCUT2D eigenvalue weighted by Crippen LogP contribution is 2.34. The SMILES string of the molecule is NC1CC(O)C(CNC(=O)CCCCCCCCCCCNC(=O)CCCCC2SCC3NC(=O)NC32)OC1OC1C(N)CC(N)C(OC2OC(CO)C(O)C(N)C2O)C1O. The number of fused-ring (bicyclic) bond motifs is 1. The lowest BCUT2D eigenvalue weighted by atomic mass is 9.84. The number of nitrogens with one attached hydrogen (secondary N) is 4. The number of rotatable bonds is 24. The monoisotopic (exact) mass is 891 g/mol. The molecule has 61 heavy (non-hydrogen) atoms. The smallest absolute Gasteiger partial charge is 0.315 e. The normalized spacial score (nSPS) is 38.7. The third-order valence-corrected chi connectivity index (χ3v) is 14.2. The Kier molecular flexibility index (Phi) is 20.4. The molecule has 1 aliphatic carbocycles. The summed E-state index contributed by atoms with van der Waals surface area (Å²) >= 11 is 1.90. The Labute approximate surface area is 363 Å². The van der Waals surface area contributed by atoms with Crippen molar-refractivity contribution in [2.24, 2.45) is 22.9 Å². The molecular weight excluding hydrogens is 817 g/mol. The Morgan fingerprint density at radius 3 is 1.97 bits per heavy atom. The highest BCUT2D eigenvalue weighted by atomic mass is 32.2. The summed E-state index contributed by atoms with van der Waals surface area (Å²) in [6, 6.07) is -3.14. The maximum Gasteiger partial charge on any atom is 0.315 e. The molecule has 4 aliphatic heterocycles. The third-order valence-electron chi connectivity index (χ3n) is 12.7. The first-order chi connectivity index (χ1) is 29.3. The average molecular weight is 891 g/mol. The summed E-state index contributed by atoms with van der Waals surface area (Å²) in [5, 5.41) is 64.6. The van der Waals surface area contributed by atoms with Gasteiger partial charge in [-0.2, -0.15) is 11.8 Å². The van der Waals surface area contributed by atoms with E-state index in [2.05, 4.69) is 21.3 Å². The molecule has 0 spiro atoms. The molecule has 0 aromatic carbocycles. The van der Waals surface area contributed by atoms with Crippen molar-refractivity contribution < 1.29 is 58.9 Å². The van der Waals surface area contributed by atoms with E-state index in [1.54, 1.807) is 0 Å². The number of thioether (sulfide) groups is 1. The zero-order valence-electron chi connectivity index (χ0n) is 35.3. The van der Waals surface area contributed by atoms with E-state index in [9.17, 15) is 39.9 Å². The minimum absolute atomic E-state index is 0.0305. The van der Waals surface area contributed by atoms with E-state index in [-0.39, 0.29) is 49.3 Å². The maximum atomic E-state index is 12.6. The van der Waals surface area contributed by atoms with E-state index < -0.39 is 92.2 Å². The molecule has 0 aromatic heterocycles. The molecule has 352 valence electrons. The first-order valence-electron chi connectivity index (χ1n) is 22.5. The Bertz CT molecular complexity index is 1360. The topological polar surface area (TPSA) is 341 Å². The fourth-order valence-electron chi connectivity index (χ4n) is 8.94. The molecule has 5 fully saturated rings. The lowest BCUT2D eigenvalue weighted by molar-refractivity contribution is -0.315. The third kappa shape index (κ3) is 14.5. The molecule has 0 bridgehead atoms. The number of unbranched alkanes of at least 4 members (excludes halogenated alkanes) is 9. The van der Waals surface area contributed by atoms with Crippen molar-refractivity contribution in [2.75, 3.05) is 25.4 Å². The molecule has 17 unspecified atom stereocenters. The Morgan fingerprint density at radius 2 is 1.30 bits per heavy atom. The van der Waals surface area contributed by atoms with E-state index >= 15 is 0 Å². The fraction of sp³-hybridized carbons (Fsp3) is 0.925. The quantitative estimate of drug-likeness (QED) is 0.0355. The van der Waals surface area contributed by atoms with Gasteiger partial charge in [0.2, 0.25) is 11.8 Å². The standard InChI is InChI=1S/C40H74N8O12S/c41-21-16-22(42)37(60-39-34(54)31(44)33(53)27(19-49)58-39)35(55)36(21)59-38-23(43)17-25(50)26(57-38)18-46-30(52)13-8-6-4-2-1-3-5-7-11-15-45-29(51)14-10-9-12-28-32-24(20-61-28)47-40(56)48-32/h21-28,31-39,49-50,53-55H,1-20,41-44H2,(H,45,51)(H,46,52)(H2,47,48,56). The van der Waals surface area contributed by atoms with Gasteiger partial charge in [-0.1, -0.05) is 51.4 Å². The van der Waals surface area contributed by atoms with E-state index in [4.69, 9.17) is 41.9 Å². The number of aliphatic hydroxyl groups is 5. The second-order valence-electron chi connectivity index (χ2n) is 17.5. The van der Waals surface area contributed by atoms with Crippen LogP contribution in [0.3, 0.4) is 0 Å². The van der Waals surface area contributed by atoms with E-state index in [1.807, 2.05) is 11.8 Å². The van der Waals surface area contributed by atoms with Crippen molar-refractivity contribution in [1.29, 1.82) is 0 Å². The van der Waals surface area contributed by atoms with Crippen molar-refractivity contribution >= 4 is 29.6 Å². The number of hydrogen-bond acceptors (Lipinski definition) is 17. The van der Waals surface area contributed by atoms with Crippen LogP contribution in [0.5, 0.6) is 0 Å². The van der Waals surface area contributed by atoms with Crippen LogP contribution < -0.4 is 44.2 Å². The second-order valence-corrected chi connectivity index (χ2v) is 18.8. The van der Waals surface area contributed by atoms with Gasteiger partial charge in [-0.25, -0.2) is 4.79 Å². The number of ether oxygens (including phenoxy) is 4. The van der Waals surface area contributed by atoms with E-state index in [0.29, 0.717) is 24.6 Å². The predicted octanol–water partition coefficient (Wildman–Crippen LogP) is -2.40. The molecule has 17 atom stereocenters. The van der Waals surface area contributed by atoms with Gasteiger partial charge < -0.3 is 88.7 Å². The first-order valence-corrected chi connectivity index (χ1v) is 23.5. The molecule has 1 saturated carbocycles. The van der Waals surface area contributed by atoms with Crippen LogP contribution in [-0.2, 0) is 28.5 Å². The Morgan fingerprint density at radius 1 is 0.705 bits per heavy atom. The summed E-state index contributed by atoms with van der Waals surface area (Å²) < 4.78 is 23.5. The number of carbonyl (C=O) groups excluding carboxylic acids is 3. The number of nitrogens with two attached hydrogens (primary N) is 4. The summed E-state index contributed by atoms with van der Waals surface area (Å²) in [4.78, 5) is 36.4. The first kappa shape index (κ1) is 50.0. The van der Waals surface area contributed by atoms with Crippen LogP contribution >= 0.6 is 11.8 Å². The number of hydrogen-bond donors (Lipinski definition) is 13. The summed E-state index contributed by atoms with van der Waals surface area (Å²) in [5.41, 5.74) is 24.8. The summed E-state index contributed by atoms with van der Waals surface area (Å²) in [5.74, 6) is 0.913. The zero-order chi connectivity index (χ0) is 44.1. The van der Waals surface area contributed by atoms with Gasteiger partial charge in [-0.15, -0.1) is 0 Å². The van der Waals surface area contributed by atoms with Crippen molar-refractivity contribution in [2.45, 2.75) is 206 Å². The minimum atomic E-state index is -1.49. The molecular formula is C40H74N8O12S. The van der Waals surface area contributed by atoms with Crippen LogP contribution in [0, 0.1) is 0 Å². The van der Waals surface area contributed by atoms with Crippen LogP contribution in [0.1, 0.15) is 103 Å². The maximum absolute atomic E-state index is 12.6. The summed E-state index contributed by atoms with van der Waals surface area (Å²) in [7, 11) is 0. The molecule has 5 rings (SSSR count). The van der Waals surface area contributed by atoms with E-state index in [1.165, 1.54) is 0 Å². The van der Waals surface area contributed by atoms with Crippen molar-refractivity contribution in [3.05, 3.63) is 0 Å². The highest BCUT2D eigenvalue weighted by Gasteiger charge is 2.50. The van der Waals surface area contributed by atoms with Crippen LogP contribution in [0.4, 0.5) is 4.79 Å². The molecule has 0 radical (unpaired) electrons. The molecule has 21 heteroatoms. The van der Waals surface area contributed by atoms with Crippen LogP contribution in [0.15, 0.2) is 0 Å². The molecule has 20 nitrogen and oxygen atoms in total. The van der Waals surface area contributed by atoms with Crippen molar-refractivity contribution in [1.82, 2.24) is 21.3 Å². The average Bonchev–Trinajstić information content (AvgIpc) is 3.79. The van der Waals surface area contributed by atoms with Gasteiger partial charge in [-0.05, 0) is 38.5 Å². The molecule has 4 saturated heterocycles. The Balaban J connectivity index is 0.876. The Hall–Kier alpha value is -1.96.